The fraction of sp³-hybridized carbons (Fsp3) is 0.0714. The summed E-state index contributed by atoms with van der Waals surface area (Å²) in [6.45, 7) is 2.13. The Balaban J connectivity index is 1.90. The second-order valence-corrected chi connectivity index (χ2v) is 7.46. The van der Waals surface area contributed by atoms with Crippen LogP contribution in [0.4, 0.5) is 0 Å². The summed E-state index contributed by atoms with van der Waals surface area (Å²) in [6, 6.07) is 28.0. The lowest BCUT2D eigenvalue weighted by Crippen LogP contribution is -1.96. The fourth-order valence-corrected chi connectivity index (χ4v) is 3.90. The number of nitriles is 1. The van der Waals surface area contributed by atoms with Crippen molar-refractivity contribution >= 4 is 34.1 Å². The van der Waals surface area contributed by atoms with E-state index in [0.717, 1.165) is 56.9 Å². The number of fused-ring (bicyclic) bond motifs is 1. The van der Waals surface area contributed by atoms with E-state index in [1.165, 1.54) is 0 Å². The number of rotatable bonds is 6. The van der Waals surface area contributed by atoms with E-state index in [4.69, 9.17) is 10.4 Å². The zero-order valence-electron chi connectivity index (χ0n) is 17.7. The number of H-pyrrole nitrogens is 1. The maximum Gasteiger partial charge on any atom is 0.328 e. The maximum absolute atomic E-state index is 10.8. The second kappa shape index (κ2) is 9.20. The van der Waals surface area contributed by atoms with Gasteiger partial charge in [-0.2, -0.15) is 5.26 Å². The van der Waals surface area contributed by atoms with Gasteiger partial charge in [0.2, 0.25) is 0 Å². The molecule has 0 aliphatic carbocycles. The number of carboxylic acid groups (broad SMARTS) is 1. The van der Waals surface area contributed by atoms with Crippen molar-refractivity contribution in [2.75, 3.05) is 0 Å². The van der Waals surface area contributed by atoms with E-state index >= 15 is 0 Å². The van der Waals surface area contributed by atoms with Gasteiger partial charge < -0.3 is 10.1 Å². The summed E-state index contributed by atoms with van der Waals surface area (Å²) in [5, 5.41) is 19.2. The Kier molecular flexibility index (Phi) is 6.00. The van der Waals surface area contributed by atoms with Gasteiger partial charge in [0.25, 0.3) is 0 Å². The lowest BCUT2D eigenvalue weighted by molar-refractivity contribution is -0.131. The van der Waals surface area contributed by atoms with Crippen LogP contribution in [0.5, 0.6) is 0 Å². The highest BCUT2D eigenvalue weighted by molar-refractivity contribution is 6.00. The van der Waals surface area contributed by atoms with Gasteiger partial charge in [-0.05, 0) is 59.0 Å². The smallest absolute Gasteiger partial charge is 0.328 e. The summed E-state index contributed by atoms with van der Waals surface area (Å²) in [4.78, 5) is 14.4. The van der Waals surface area contributed by atoms with Gasteiger partial charge in [0.05, 0.1) is 11.6 Å². The average molecular weight is 418 g/mol. The first kappa shape index (κ1) is 20.9. The molecule has 1 heterocycles. The predicted octanol–water partition coefficient (Wildman–Crippen LogP) is 6.51. The van der Waals surface area contributed by atoms with Crippen molar-refractivity contribution < 1.29 is 9.90 Å². The molecule has 4 heteroatoms. The van der Waals surface area contributed by atoms with Crippen molar-refractivity contribution in [2.45, 2.75) is 13.3 Å². The van der Waals surface area contributed by atoms with Crippen molar-refractivity contribution in [3.63, 3.8) is 0 Å². The van der Waals surface area contributed by atoms with E-state index < -0.39 is 5.97 Å². The van der Waals surface area contributed by atoms with Crippen LogP contribution in [0.2, 0.25) is 0 Å². The molecule has 0 saturated carbocycles. The van der Waals surface area contributed by atoms with Crippen LogP contribution in [0.3, 0.4) is 0 Å². The number of carbonyl (C=O) groups is 1. The Labute approximate surface area is 186 Å². The van der Waals surface area contributed by atoms with Crippen molar-refractivity contribution in [2.24, 2.45) is 0 Å². The van der Waals surface area contributed by atoms with E-state index in [1.54, 1.807) is 6.08 Å². The summed E-state index contributed by atoms with van der Waals surface area (Å²) in [5.41, 5.74) is 7.88. The van der Waals surface area contributed by atoms with Crippen LogP contribution in [0.25, 0.3) is 28.1 Å². The highest BCUT2D eigenvalue weighted by Crippen LogP contribution is 2.35. The molecule has 0 bridgehead atoms. The first-order valence-corrected chi connectivity index (χ1v) is 10.4. The number of carboxylic acids is 1. The highest BCUT2D eigenvalue weighted by Gasteiger charge is 2.15. The number of para-hydroxylation sites is 1. The summed E-state index contributed by atoms with van der Waals surface area (Å²) in [6.07, 6.45) is 3.52. The summed E-state index contributed by atoms with van der Waals surface area (Å²) in [5.74, 6) is -0.971. The van der Waals surface area contributed by atoms with Gasteiger partial charge in [0.15, 0.2) is 0 Å². The Hall–Kier alpha value is -4.36. The molecule has 0 saturated heterocycles. The first-order chi connectivity index (χ1) is 15.6. The van der Waals surface area contributed by atoms with Crippen molar-refractivity contribution in [1.82, 2.24) is 4.98 Å². The van der Waals surface area contributed by atoms with E-state index in [2.05, 4.69) is 36.2 Å². The van der Waals surface area contributed by atoms with E-state index in [0.29, 0.717) is 5.56 Å². The minimum absolute atomic E-state index is 0.630. The third-order valence-corrected chi connectivity index (χ3v) is 5.43. The topological polar surface area (TPSA) is 76.9 Å². The highest BCUT2D eigenvalue weighted by atomic mass is 16.4. The number of hydrogen-bond donors (Lipinski definition) is 2. The second-order valence-electron chi connectivity index (χ2n) is 7.46. The van der Waals surface area contributed by atoms with Crippen LogP contribution in [0.1, 0.15) is 41.3 Å². The van der Waals surface area contributed by atoms with E-state index in [-0.39, 0.29) is 0 Å². The van der Waals surface area contributed by atoms with Crippen LogP contribution in [-0.2, 0) is 4.79 Å². The molecule has 0 amide bonds. The first-order valence-electron chi connectivity index (χ1n) is 10.4. The third-order valence-electron chi connectivity index (χ3n) is 5.43. The minimum Gasteiger partial charge on any atom is -0.478 e. The standard InChI is InChI=1S/C28H22N2O2/c1-2-24(21-12-9-20(18-29)10-13-21)28(26-17-23-5-3-4-6-25(23)30-26)22-14-7-19(8-15-22)11-16-27(31)32/h3-17,30H,2H2,1H3,(H,31,32)/b16-11+,28-24+. The molecule has 2 N–H and O–H groups in total. The third kappa shape index (κ3) is 4.38. The monoisotopic (exact) mass is 418 g/mol. The molecule has 3 aromatic carbocycles. The molecule has 4 rings (SSSR count). The van der Waals surface area contributed by atoms with Crippen molar-refractivity contribution in [1.29, 1.82) is 5.26 Å². The lowest BCUT2D eigenvalue weighted by Gasteiger charge is -2.15. The van der Waals surface area contributed by atoms with E-state index in [1.807, 2.05) is 60.7 Å². The number of aromatic amines is 1. The molecular formula is C28H22N2O2. The number of aromatic nitrogens is 1. The molecule has 0 spiro atoms. The minimum atomic E-state index is -0.971. The molecular weight excluding hydrogens is 396 g/mol. The van der Waals surface area contributed by atoms with Gasteiger partial charge in [-0.1, -0.05) is 61.5 Å². The number of allylic oxidation sites excluding steroid dienone is 1. The normalized spacial score (nSPS) is 12.0. The summed E-state index contributed by atoms with van der Waals surface area (Å²) >= 11 is 0. The largest absolute Gasteiger partial charge is 0.478 e. The van der Waals surface area contributed by atoms with Crippen LogP contribution in [0.15, 0.2) is 84.9 Å². The van der Waals surface area contributed by atoms with Gasteiger partial charge >= 0.3 is 5.97 Å². The summed E-state index contributed by atoms with van der Waals surface area (Å²) in [7, 11) is 0. The van der Waals surface area contributed by atoms with Gasteiger partial charge in [0, 0.05) is 28.2 Å². The molecule has 1 aromatic heterocycles. The molecule has 156 valence electrons. The lowest BCUT2D eigenvalue weighted by atomic mass is 9.90. The van der Waals surface area contributed by atoms with Crippen LogP contribution in [0, 0.1) is 11.3 Å². The molecule has 0 atom stereocenters. The Morgan fingerprint density at radius 2 is 1.69 bits per heavy atom. The summed E-state index contributed by atoms with van der Waals surface area (Å²) < 4.78 is 0. The van der Waals surface area contributed by atoms with E-state index in [9.17, 15) is 4.79 Å². The van der Waals surface area contributed by atoms with Crippen LogP contribution < -0.4 is 0 Å². The molecule has 4 aromatic rings. The van der Waals surface area contributed by atoms with Gasteiger partial charge in [-0.15, -0.1) is 0 Å². The number of nitrogens with zero attached hydrogens (tertiary/aromatic N) is 1. The van der Waals surface area contributed by atoms with Gasteiger partial charge in [0.1, 0.15) is 0 Å². The zero-order chi connectivity index (χ0) is 22.5. The molecule has 0 aliphatic rings. The van der Waals surface area contributed by atoms with Gasteiger partial charge in [-0.25, -0.2) is 4.79 Å². The predicted molar refractivity (Wildman–Crippen MR) is 129 cm³/mol. The molecule has 0 aliphatic heterocycles. The molecule has 0 fully saturated rings. The molecule has 0 radical (unpaired) electrons. The zero-order valence-corrected chi connectivity index (χ0v) is 17.7. The van der Waals surface area contributed by atoms with Crippen molar-refractivity contribution in [3.05, 3.63) is 113 Å². The van der Waals surface area contributed by atoms with Crippen LogP contribution >= 0.6 is 0 Å². The Morgan fingerprint density at radius 1 is 1.00 bits per heavy atom. The van der Waals surface area contributed by atoms with Gasteiger partial charge in [-0.3, -0.25) is 0 Å². The maximum atomic E-state index is 10.8. The number of hydrogen-bond acceptors (Lipinski definition) is 2. The van der Waals surface area contributed by atoms with Crippen molar-refractivity contribution in [3.8, 4) is 6.07 Å². The SMILES string of the molecule is CC/C(=C(/c1ccc(/C=C/C(=O)O)cc1)c1cc2ccccc2[nH]1)c1ccc(C#N)cc1. The Morgan fingerprint density at radius 3 is 2.31 bits per heavy atom. The number of benzene rings is 3. The molecule has 32 heavy (non-hydrogen) atoms. The number of nitrogens with one attached hydrogen (secondary N) is 1. The molecule has 4 nitrogen and oxygen atoms in total. The molecule has 0 unspecified atom stereocenters. The fourth-order valence-electron chi connectivity index (χ4n) is 3.90. The quantitative estimate of drug-likeness (QED) is 0.277. The average Bonchev–Trinajstić information content (AvgIpc) is 3.25. The van der Waals surface area contributed by atoms with Crippen LogP contribution in [-0.4, -0.2) is 16.1 Å². The number of aliphatic carboxylic acids is 1. The Bertz CT molecular complexity index is 1330.